The van der Waals surface area contributed by atoms with E-state index in [0.29, 0.717) is 11.4 Å². The summed E-state index contributed by atoms with van der Waals surface area (Å²) in [6, 6.07) is 9.42. The van der Waals surface area contributed by atoms with Crippen LogP contribution in [0, 0.1) is 5.82 Å². The number of carbonyl (C=O) groups is 1. The Morgan fingerprint density at radius 1 is 1.09 bits per heavy atom. The molecule has 0 aliphatic carbocycles. The summed E-state index contributed by atoms with van der Waals surface area (Å²) in [6.07, 6.45) is 4.95. The third-order valence-electron chi connectivity index (χ3n) is 3.23. The highest BCUT2D eigenvalue weighted by Gasteiger charge is 2.11. The minimum Gasteiger partial charge on any atom is -0.294 e. The van der Waals surface area contributed by atoms with E-state index in [1.165, 1.54) is 18.2 Å². The summed E-state index contributed by atoms with van der Waals surface area (Å²) in [7, 11) is 0. The fraction of sp³-hybridized carbons (Fsp3) is 0.0588. The molecule has 0 saturated heterocycles. The van der Waals surface area contributed by atoms with Crippen LogP contribution in [0.1, 0.15) is 16.2 Å². The van der Waals surface area contributed by atoms with Crippen molar-refractivity contribution in [3.8, 4) is 11.3 Å². The van der Waals surface area contributed by atoms with Gasteiger partial charge in [-0.15, -0.1) is 0 Å². The Balaban J connectivity index is 1.75. The molecule has 0 amide bonds. The van der Waals surface area contributed by atoms with Gasteiger partial charge in [0, 0.05) is 29.7 Å². The van der Waals surface area contributed by atoms with Gasteiger partial charge in [-0.2, -0.15) is 0 Å². The Morgan fingerprint density at radius 3 is 2.52 bits per heavy atom. The topological polar surface area (TPSA) is 55.7 Å². The molecule has 0 atom stereocenters. The summed E-state index contributed by atoms with van der Waals surface area (Å²) in [5, 5.41) is -0.0812. The molecule has 4 nitrogen and oxygen atoms in total. The van der Waals surface area contributed by atoms with E-state index < -0.39 is 5.82 Å². The highest BCUT2D eigenvalue weighted by molar-refractivity contribution is 6.31. The van der Waals surface area contributed by atoms with Crippen LogP contribution in [0.15, 0.2) is 55.0 Å². The molecule has 6 heteroatoms. The fourth-order valence-electron chi connectivity index (χ4n) is 2.03. The van der Waals surface area contributed by atoms with Crippen LogP contribution in [0.4, 0.5) is 4.39 Å². The van der Waals surface area contributed by atoms with Crippen molar-refractivity contribution in [2.75, 3.05) is 0 Å². The van der Waals surface area contributed by atoms with Gasteiger partial charge in [0.2, 0.25) is 0 Å². The van der Waals surface area contributed by atoms with Crippen molar-refractivity contribution >= 4 is 17.4 Å². The van der Waals surface area contributed by atoms with Crippen LogP contribution in [0.5, 0.6) is 0 Å². The van der Waals surface area contributed by atoms with E-state index in [4.69, 9.17) is 11.6 Å². The van der Waals surface area contributed by atoms with E-state index in [1.807, 2.05) is 18.2 Å². The first kappa shape index (κ1) is 15.2. The quantitative estimate of drug-likeness (QED) is 0.685. The Hall–Kier alpha value is -2.66. The van der Waals surface area contributed by atoms with Gasteiger partial charge >= 0.3 is 0 Å². The highest BCUT2D eigenvalue weighted by Crippen LogP contribution is 2.18. The summed E-state index contributed by atoms with van der Waals surface area (Å²) in [5.41, 5.74) is 1.86. The first-order valence-corrected chi connectivity index (χ1v) is 7.22. The van der Waals surface area contributed by atoms with Gasteiger partial charge in [0.25, 0.3) is 0 Å². The number of hydrogen-bond acceptors (Lipinski definition) is 4. The zero-order valence-electron chi connectivity index (χ0n) is 11.9. The third kappa shape index (κ3) is 3.57. The monoisotopic (exact) mass is 327 g/mol. The van der Waals surface area contributed by atoms with Crippen LogP contribution in [-0.2, 0) is 6.42 Å². The highest BCUT2D eigenvalue weighted by atomic mass is 35.5. The Bertz CT molecular complexity index is 838. The SMILES string of the molecule is O=C(Cc1ncc(-c2ccccn2)cn1)c1ccc(F)c(Cl)c1. The van der Waals surface area contributed by atoms with Crippen LogP contribution in [0.25, 0.3) is 11.3 Å². The van der Waals surface area contributed by atoms with Gasteiger partial charge in [-0.05, 0) is 30.3 Å². The average Bonchev–Trinajstić information content (AvgIpc) is 2.59. The van der Waals surface area contributed by atoms with E-state index in [2.05, 4.69) is 15.0 Å². The summed E-state index contributed by atoms with van der Waals surface area (Å²) < 4.78 is 13.1. The molecular formula is C17H11ClFN3O. The summed E-state index contributed by atoms with van der Waals surface area (Å²) in [5.74, 6) is -0.396. The lowest BCUT2D eigenvalue weighted by Gasteiger charge is -2.03. The first-order chi connectivity index (χ1) is 11.1. The van der Waals surface area contributed by atoms with Gasteiger partial charge in [0.05, 0.1) is 17.1 Å². The standard InChI is InChI=1S/C17H11ClFN3O/c18-13-7-11(4-5-14(13)19)16(23)8-17-21-9-12(10-22-17)15-3-1-2-6-20-15/h1-7,9-10H,8H2. The minimum atomic E-state index is -0.556. The molecule has 0 N–H and O–H groups in total. The molecule has 0 unspecified atom stereocenters. The molecule has 3 rings (SSSR count). The number of carbonyl (C=O) groups excluding carboxylic acids is 1. The second-order valence-corrected chi connectivity index (χ2v) is 5.24. The average molecular weight is 328 g/mol. The van der Waals surface area contributed by atoms with E-state index in [1.54, 1.807) is 18.6 Å². The summed E-state index contributed by atoms with van der Waals surface area (Å²) >= 11 is 5.68. The number of nitrogens with zero attached hydrogens (tertiary/aromatic N) is 3. The molecule has 0 saturated carbocycles. The molecule has 2 heterocycles. The van der Waals surface area contributed by atoms with Gasteiger partial charge in [-0.25, -0.2) is 14.4 Å². The number of Topliss-reactive ketones (excluding diaryl/α,β-unsaturated/α-hetero) is 1. The molecule has 0 radical (unpaired) electrons. The molecule has 0 fully saturated rings. The van der Waals surface area contributed by atoms with Crippen molar-refractivity contribution in [1.29, 1.82) is 0 Å². The molecule has 23 heavy (non-hydrogen) atoms. The van der Waals surface area contributed by atoms with Crippen LogP contribution < -0.4 is 0 Å². The van der Waals surface area contributed by atoms with Gasteiger partial charge in [-0.3, -0.25) is 9.78 Å². The fourth-order valence-corrected chi connectivity index (χ4v) is 2.21. The summed E-state index contributed by atoms with van der Waals surface area (Å²) in [6.45, 7) is 0. The zero-order chi connectivity index (χ0) is 16.2. The second kappa shape index (κ2) is 6.62. The number of hydrogen-bond donors (Lipinski definition) is 0. The van der Waals surface area contributed by atoms with Crippen LogP contribution in [0.3, 0.4) is 0 Å². The zero-order valence-corrected chi connectivity index (χ0v) is 12.7. The van der Waals surface area contributed by atoms with Gasteiger partial charge < -0.3 is 0 Å². The molecule has 1 aromatic carbocycles. The van der Waals surface area contributed by atoms with Gasteiger partial charge in [0.1, 0.15) is 11.6 Å². The number of halogens is 2. The normalized spacial score (nSPS) is 10.5. The predicted molar refractivity (Wildman–Crippen MR) is 84.7 cm³/mol. The van der Waals surface area contributed by atoms with Crippen LogP contribution in [-0.4, -0.2) is 20.7 Å². The lowest BCUT2D eigenvalue weighted by Crippen LogP contribution is -2.07. The van der Waals surface area contributed by atoms with Gasteiger partial charge in [0.15, 0.2) is 5.78 Å². The lowest BCUT2D eigenvalue weighted by atomic mass is 10.1. The lowest BCUT2D eigenvalue weighted by molar-refractivity contribution is 0.0990. The number of benzene rings is 1. The van der Waals surface area contributed by atoms with Crippen LogP contribution in [0.2, 0.25) is 5.02 Å². The Labute approximate surface area is 137 Å². The predicted octanol–water partition coefficient (Wildman–Crippen LogP) is 3.76. The Kier molecular flexibility index (Phi) is 4.39. The Morgan fingerprint density at radius 2 is 1.87 bits per heavy atom. The number of aromatic nitrogens is 3. The molecular weight excluding hydrogens is 317 g/mol. The largest absolute Gasteiger partial charge is 0.294 e. The maximum Gasteiger partial charge on any atom is 0.170 e. The molecule has 0 spiro atoms. The van der Waals surface area contributed by atoms with E-state index in [0.717, 1.165) is 11.3 Å². The first-order valence-electron chi connectivity index (χ1n) is 6.84. The smallest absolute Gasteiger partial charge is 0.170 e. The summed E-state index contributed by atoms with van der Waals surface area (Å²) in [4.78, 5) is 24.7. The second-order valence-electron chi connectivity index (χ2n) is 4.83. The molecule has 0 aliphatic rings. The number of rotatable bonds is 4. The maximum absolute atomic E-state index is 13.1. The van der Waals surface area contributed by atoms with Crippen molar-refractivity contribution in [1.82, 2.24) is 15.0 Å². The maximum atomic E-state index is 13.1. The number of pyridine rings is 1. The minimum absolute atomic E-state index is 0.0183. The van der Waals surface area contributed by atoms with E-state index in [-0.39, 0.29) is 17.2 Å². The molecule has 0 aliphatic heterocycles. The molecule has 3 aromatic rings. The number of ketones is 1. The molecule has 114 valence electrons. The van der Waals surface area contributed by atoms with E-state index >= 15 is 0 Å². The third-order valence-corrected chi connectivity index (χ3v) is 3.52. The van der Waals surface area contributed by atoms with Crippen molar-refractivity contribution in [2.24, 2.45) is 0 Å². The van der Waals surface area contributed by atoms with Crippen molar-refractivity contribution < 1.29 is 9.18 Å². The van der Waals surface area contributed by atoms with Crippen LogP contribution >= 0.6 is 11.6 Å². The van der Waals surface area contributed by atoms with E-state index in [9.17, 15) is 9.18 Å². The molecule has 2 aromatic heterocycles. The van der Waals surface area contributed by atoms with Crippen molar-refractivity contribution in [3.05, 3.63) is 77.2 Å². The van der Waals surface area contributed by atoms with Gasteiger partial charge in [-0.1, -0.05) is 17.7 Å². The van der Waals surface area contributed by atoms with Crippen molar-refractivity contribution in [2.45, 2.75) is 6.42 Å². The van der Waals surface area contributed by atoms with Crippen molar-refractivity contribution in [3.63, 3.8) is 0 Å². The molecule has 0 bridgehead atoms.